The fourth-order valence-electron chi connectivity index (χ4n) is 0.926. The van der Waals surface area contributed by atoms with Gasteiger partial charge < -0.3 is 5.73 Å². The SMILES string of the molecule is CC(N)C(C)c1ccc(Cl)cn1. The van der Waals surface area contributed by atoms with Gasteiger partial charge in [-0.3, -0.25) is 4.98 Å². The molecule has 0 aliphatic carbocycles. The molecular weight excluding hydrogens is 172 g/mol. The third kappa shape index (κ3) is 2.19. The van der Waals surface area contributed by atoms with Crippen LogP contribution in [0.25, 0.3) is 0 Å². The molecule has 0 fully saturated rings. The van der Waals surface area contributed by atoms with Crippen LogP contribution >= 0.6 is 11.6 Å². The summed E-state index contributed by atoms with van der Waals surface area (Å²) in [5.41, 5.74) is 6.73. The summed E-state index contributed by atoms with van der Waals surface area (Å²) < 4.78 is 0. The molecule has 1 aromatic heterocycles. The monoisotopic (exact) mass is 184 g/mol. The van der Waals surface area contributed by atoms with Gasteiger partial charge in [-0.25, -0.2) is 0 Å². The van der Waals surface area contributed by atoms with Crippen LogP contribution in [-0.2, 0) is 0 Å². The number of pyridine rings is 1. The molecule has 0 amide bonds. The molecule has 2 unspecified atom stereocenters. The van der Waals surface area contributed by atoms with Crippen LogP contribution in [0.3, 0.4) is 0 Å². The molecule has 12 heavy (non-hydrogen) atoms. The van der Waals surface area contributed by atoms with E-state index in [1.54, 1.807) is 6.20 Å². The van der Waals surface area contributed by atoms with E-state index >= 15 is 0 Å². The first-order valence-electron chi connectivity index (χ1n) is 3.98. The van der Waals surface area contributed by atoms with Crippen molar-refractivity contribution in [1.82, 2.24) is 4.98 Å². The van der Waals surface area contributed by atoms with E-state index in [0.29, 0.717) is 5.02 Å². The lowest BCUT2D eigenvalue weighted by Crippen LogP contribution is -2.23. The Bertz CT molecular complexity index is 243. The zero-order valence-corrected chi connectivity index (χ0v) is 8.05. The van der Waals surface area contributed by atoms with Gasteiger partial charge in [0.15, 0.2) is 0 Å². The summed E-state index contributed by atoms with van der Waals surface area (Å²) in [6.45, 7) is 4.03. The molecule has 66 valence electrons. The fourth-order valence-corrected chi connectivity index (χ4v) is 1.04. The number of hydrogen-bond donors (Lipinski definition) is 1. The molecule has 2 nitrogen and oxygen atoms in total. The van der Waals surface area contributed by atoms with Gasteiger partial charge in [0.05, 0.1) is 5.02 Å². The first-order chi connectivity index (χ1) is 5.61. The Morgan fingerprint density at radius 2 is 2.08 bits per heavy atom. The van der Waals surface area contributed by atoms with Crippen LogP contribution in [0.5, 0.6) is 0 Å². The smallest absolute Gasteiger partial charge is 0.0589 e. The highest BCUT2D eigenvalue weighted by Crippen LogP contribution is 2.16. The van der Waals surface area contributed by atoms with Crippen molar-refractivity contribution in [2.45, 2.75) is 25.8 Å². The summed E-state index contributed by atoms with van der Waals surface area (Å²) in [6.07, 6.45) is 1.65. The van der Waals surface area contributed by atoms with E-state index in [0.717, 1.165) is 5.69 Å². The van der Waals surface area contributed by atoms with Crippen molar-refractivity contribution >= 4 is 11.6 Å². The third-order valence-corrected chi connectivity index (χ3v) is 2.23. The number of nitrogens with zero attached hydrogens (tertiary/aromatic N) is 1. The normalized spacial score (nSPS) is 15.7. The first kappa shape index (κ1) is 9.49. The van der Waals surface area contributed by atoms with Gasteiger partial charge >= 0.3 is 0 Å². The Morgan fingerprint density at radius 3 is 2.50 bits per heavy atom. The largest absolute Gasteiger partial charge is 0.327 e. The van der Waals surface area contributed by atoms with Gasteiger partial charge in [-0.15, -0.1) is 0 Å². The Morgan fingerprint density at radius 1 is 1.42 bits per heavy atom. The van der Waals surface area contributed by atoms with Crippen LogP contribution in [0.15, 0.2) is 18.3 Å². The summed E-state index contributed by atoms with van der Waals surface area (Å²) >= 11 is 5.70. The standard InChI is InChI=1S/C9H13ClN2/c1-6(7(2)11)9-4-3-8(10)5-12-9/h3-7H,11H2,1-2H3. The second-order valence-corrected chi connectivity index (χ2v) is 3.49. The third-order valence-electron chi connectivity index (χ3n) is 2.01. The predicted molar refractivity (Wildman–Crippen MR) is 51.3 cm³/mol. The number of nitrogens with two attached hydrogens (primary N) is 1. The molecule has 0 spiro atoms. The molecule has 1 rings (SSSR count). The quantitative estimate of drug-likeness (QED) is 0.766. The lowest BCUT2D eigenvalue weighted by Gasteiger charge is -2.14. The van der Waals surface area contributed by atoms with Crippen LogP contribution < -0.4 is 5.73 Å². The summed E-state index contributed by atoms with van der Waals surface area (Å²) in [5, 5.41) is 0.663. The van der Waals surface area contributed by atoms with Crippen molar-refractivity contribution < 1.29 is 0 Å². The Labute approximate surface area is 77.8 Å². The molecule has 2 N–H and O–H groups in total. The molecule has 0 saturated heterocycles. The van der Waals surface area contributed by atoms with Crippen LogP contribution in [0, 0.1) is 0 Å². The van der Waals surface area contributed by atoms with Gasteiger partial charge in [-0.2, -0.15) is 0 Å². The second-order valence-electron chi connectivity index (χ2n) is 3.05. The zero-order valence-electron chi connectivity index (χ0n) is 7.29. The Balaban J connectivity index is 2.82. The van der Waals surface area contributed by atoms with Crippen molar-refractivity contribution in [3.8, 4) is 0 Å². The molecule has 2 atom stereocenters. The van der Waals surface area contributed by atoms with E-state index in [9.17, 15) is 0 Å². The van der Waals surface area contributed by atoms with E-state index in [2.05, 4.69) is 11.9 Å². The lowest BCUT2D eigenvalue weighted by atomic mass is 10.0. The highest BCUT2D eigenvalue weighted by atomic mass is 35.5. The zero-order chi connectivity index (χ0) is 9.14. The predicted octanol–water partition coefficient (Wildman–Crippen LogP) is 2.19. The molecule has 0 bridgehead atoms. The Kier molecular flexibility index (Phi) is 3.06. The van der Waals surface area contributed by atoms with Crippen LogP contribution in [0.2, 0.25) is 5.02 Å². The lowest BCUT2D eigenvalue weighted by molar-refractivity contribution is 0.598. The molecule has 1 aromatic rings. The summed E-state index contributed by atoms with van der Waals surface area (Å²) in [4.78, 5) is 4.19. The van der Waals surface area contributed by atoms with Crippen molar-refractivity contribution in [3.63, 3.8) is 0 Å². The molecule has 0 saturated carbocycles. The van der Waals surface area contributed by atoms with E-state index in [1.807, 2.05) is 19.1 Å². The molecule has 1 heterocycles. The van der Waals surface area contributed by atoms with Crippen molar-refractivity contribution in [2.75, 3.05) is 0 Å². The van der Waals surface area contributed by atoms with E-state index < -0.39 is 0 Å². The topological polar surface area (TPSA) is 38.9 Å². The maximum atomic E-state index is 5.73. The number of aromatic nitrogens is 1. The van der Waals surface area contributed by atoms with Crippen LogP contribution in [0.4, 0.5) is 0 Å². The van der Waals surface area contributed by atoms with E-state index in [4.69, 9.17) is 17.3 Å². The minimum Gasteiger partial charge on any atom is -0.327 e. The molecule has 3 heteroatoms. The van der Waals surface area contributed by atoms with Crippen molar-refractivity contribution in [3.05, 3.63) is 29.0 Å². The highest BCUT2D eigenvalue weighted by molar-refractivity contribution is 6.30. The van der Waals surface area contributed by atoms with Gasteiger partial charge in [0.1, 0.15) is 0 Å². The number of hydrogen-bond acceptors (Lipinski definition) is 2. The van der Waals surface area contributed by atoms with Gasteiger partial charge in [-0.1, -0.05) is 18.5 Å². The summed E-state index contributed by atoms with van der Waals surface area (Å²) in [6, 6.07) is 3.87. The molecule has 0 aromatic carbocycles. The highest BCUT2D eigenvalue weighted by Gasteiger charge is 2.10. The van der Waals surface area contributed by atoms with Gasteiger partial charge in [0, 0.05) is 23.9 Å². The minimum absolute atomic E-state index is 0.124. The molecular formula is C9H13ClN2. The molecule has 0 aliphatic heterocycles. The minimum atomic E-state index is 0.124. The van der Waals surface area contributed by atoms with Crippen molar-refractivity contribution in [2.24, 2.45) is 5.73 Å². The molecule has 0 aliphatic rings. The second kappa shape index (κ2) is 3.87. The van der Waals surface area contributed by atoms with E-state index in [-0.39, 0.29) is 12.0 Å². The molecule has 0 radical (unpaired) electrons. The van der Waals surface area contributed by atoms with Gasteiger partial charge in [0.25, 0.3) is 0 Å². The fraction of sp³-hybridized carbons (Fsp3) is 0.444. The van der Waals surface area contributed by atoms with Crippen molar-refractivity contribution in [1.29, 1.82) is 0 Å². The van der Waals surface area contributed by atoms with Gasteiger partial charge in [0.2, 0.25) is 0 Å². The number of rotatable bonds is 2. The van der Waals surface area contributed by atoms with Crippen LogP contribution in [0.1, 0.15) is 25.5 Å². The maximum absolute atomic E-state index is 5.73. The average molecular weight is 185 g/mol. The van der Waals surface area contributed by atoms with Crippen LogP contribution in [-0.4, -0.2) is 11.0 Å². The van der Waals surface area contributed by atoms with Gasteiger partial charge in [-0.05, 0) is 19.1 Å². The maximum Gasteiger partial charge on any atom is 0.0589 e. The summed E-state index contributed by atoms with van der Waals surface area (Å²) in [7, 11) is 0. The Hall–Kier alpha value is -0.600. The first-order valence-corrected chi connectivity index (χ1v) is 4.36. The number of halogens is 1. The average Bonchev–Trinajstić information content (AvgIpc) is 2.04. The summed E-state index contributed by atoms with van der Waals surface area (Å²) in [5.74, 6) is 0.280. The van der Waals surface area contributed by atoms with E-state index in [1.165, 1.54) is 0 Å².